The molecule has 5 heteroatoms. The molecule has 1 aliphatic heterocycles. The van der Waals surface area contributed by atoms with Gasteiger partial charge < -0.3 is 15.7 Å². The Labute approximate surface area is 121 Å². The fourth-order valence-electron chi connectivity index (χ4n) is 2.72. The smallest absolute Gasteiger partial charge is 0.303 e. The highest BCUT2D eigenvalue weighted by Crippen LogP contribution is 2.20. The monoisotopic (exact) mass is 284 g/mol. The summed E-state index contributed by atoms with van der Waals surface area (Å²) < 4.78 is 0. The van der Waals surface area contributed by atoms with Gasteiger partial charge in [-0.05, 0) is 44.1 Å². The third-order valence-electron chi connectivity index (χ3n) is 4.15. The van der Waals surface area contributed by atoms with E-state index in [1.165, 1.54) is 0 Å². The third kappa shape index (κ3) is 6.37. The summed E-state index contributed by atoms with van der Waals surface area (Å²) in [6, 6.07) is 0. The van der Waals surface area contributed by atoms with Crippen LogP contribution in [0.1, 0.15) is 46.0 Å². The number of hydrogen-bond donors (Lipinski definition) is 3. The van der Waals surface area contributed by atoms with Crippen LogP contribution in [0.25, 0.3) is 0 Å². The number of hydrogen-bond acceptors (Lipinski definition) is 3. The maximum atomic E-state index is 12.0. The molecule has 1 rings (SSSR count). The van der Waals surface area contributed by atoms with Crippen LogP contribution in [0.4, 0.5) is 0 Å². The average Bonchev–Trinajstić information content (AvgIpc) is 2.42. The molecule has 20 heavy (non-hydrogen) atoms. The van der Waals surface area contributed by atoms with Crippen molar-refractivity contribution < 1.29 is 14.7 Å². The highest BCUT2D eigenvalue weighted by atomic mass is 16.4. The van der Waals surface area contributed by atoms with E-state index in [1.54, 1.807) is 0 Å². The van der Waals surface area contributed by atoms with E-state index >= 15 is 0 Å². The van der Waals surface area contributed by atoms with Crippen LogP contribution in [-0.4, -0.2) is 36.6 Å². The van der Waals surface area contributed by atoms with Crippen molar-refractivity contribution in [2.24, 2.45) is 17.8 Å². The van der Waals surface area contributed by atoms with Gasteiger partial charge in [0.25, 0.3) is 0 Å². The Bertz CT molecular complexity index is 312. The molecular formula is C15H28N2O3. The molecule has 2 unspecified atom stereocenters. The Kier molecular flexibility index (Phi) is 7.59. The van der Waals surface area contributed by atoms with Crippen LogP contribution >= 0.6 is 0 Å². The lowest BCUT2D eigenvalue weighted by Gasteiger charge is -2.23. The topological polar surface area (TPSA) is 78.4 Å². The molecule has 1 amide bonds. The second-order valence-corrected chi connectivity index (χ2v) is 6.06. The van der Waals surface area contributed by atoms with E-state index in [9.17, 15) is 9.59 Å². The van der Waals surface area contributed by atoms with E-state index in [0.29, 0.717) is 24.8 Å². The van der Waals surface area contributed by atoms with E-state index < -0.39 is 5.97 Å². The van der Waals surface area contributed by atoms with Gasteiger partial charge in [0.1, 0.15) is 0 Å². The van der Waals surface area contributed by atoms with Crippen molar-refractivity contribution in [3.63, 3.8) is 0 Å². The minimum absolute atomic E-state index is 0.0975. The Balaban J connectivity index is 2.25. The van der Waals surface area contributed by atoms with Gasteiger partial charge in [-0.2, -0.15) is 0 Å². The highest BCUT2D eigenvalue weighted by molar-refractivity contribution is 5.78. The summed E-state index contributed by atoms with van der Waals surface area (Å²) in [7, 11) is 0. The first-order valence-electron chi connectivity index (χ1n) is 7.71. The Morgan fingerprint density at radius 2 is 2.10 bits per heavy atom. The van der Waals surface area contributed by atoms with Gasteiger partial charge in [-0.25, -0.2) is 0 Å². The predicted octanol–water partition coefficient (Wildman–Crippen LogP) is 1.63. The summed E-state index contributed by atoms with van der Waals surface area (Å²) >= 11 is 0. The molecule has 3 N–H and O–H groups in total. The predicted molar refractivity (Wildman–Crippen MR) is 78.4 cm³/mol. The molecule has 0 spiro atoms. The quantitative estimate of drug-likeness (QED) is 0.633. The maximum Gasteiger partial charge on any atom is 0.303 e. The zero-order chi connectivity index (χ0) is 15.0. The van der Waals surface area contributed by atoms with Crippen molar-refractivity contribution in [2.45, 2.75) is 46.0 Å². The number of carbonyl (C=O) groups excluding carboxylic acids is 1. The SMILES string of the molecule is CC(C)C(CCNC(=O)C1CCCNC1)CCC(=O)O. The van der Waals surface area contributed by atoms with E-state index in [4.69, 9.17) is 5.11 Å². The second-order valence-electron chi connectivity index (χ2n) is 6.06. The fourth-order valence-corrected chi connectivity index (χ4v) is 2.72. The fraction of sp³-hybridized carbons (Fsp3) is 0.867. The van der Waals surface area contributed by atoms with Gasteiger partial charge in [0, 0.05) is 19.5 Å². The molecule has 5 nitrogen and oxygen atoms in total. The van der Waals surface area contributed by atoms with Crippen molar-refractivity contribution in [1.29, 1.82) is 0 Å². The van der Waals surface area contributed by atoms with Gasteiger partial charge in [0.2, 0.25) is 5.91 Å². The minimum atomic E-state index is -0.743. The summed E-state index contributed by atoms with van der Waals surface area (Å²) in [6.45, 7) is 6.66. The molecule has 0 saturated carbocycles. The van der Waals surface area contributed by atoms with Crippen LogP contribution in [0.3, 0.4) is 0 Å². The van der Waals surface area contributed by atoms with Crippen molar-refractivity contribution in [3.05, 3.63) is 0 Å². The zero-order valence-corrected chi connectivity index (χ0v) is 12.7. The number of aliphatic carboxylic acids is 1. The van der Waals surface area contributed by atoms with Crippen molar-refractivity contribution in [1.82, 2.24) is 10.6 Å². The number of carboxylic acid groups (broad SMARTS) is 1. The second kappa shape index (κ2) is 8.95. The molecule has 0 aliphatic carbocycles. The van der Waals surface area contributed by atoms with Gasteiger partial charge in [0.05, 0.1) is 5.92 Å². The number of amides is 1. The zero-order valence-electron chi connectivity index (χ0n) is 12.7. The van der Waals surface area contributed by atoms with Gasteiger partial charge in [-0.1, -0.05) is 13.8 Å². The molecule has 0 aromatic heterocycles. The normalized spacial score (nSPS) is 20.6. The summed E-state index contributed by atoms with van der Waals surface area (Å²) in [5.41, 5.74) is 0. The minimum Gasteiger partial charge on any atom is -0.481 e. The molecule has 1 saturated heterocycles. The molecule has 1 fully saturated rings. The van der Waals surface area contributed by atoms with Gasteiger partial charge in [0.15, 0.2) is 0 Å². The molecular weight excluding hydrogens is 256 g/mol. The Morgan fingerprint density at radius 1 is 1.35 bits per heavy atom. The number of nitrogens with one attached hydrogen (secondary N) is 2. The molecule has 0 radical (unpaired) electrons. The van der Waals surface area contributed by atoms with Gasteiger partial charge in [-0.15, -0.1) is 0 Å². The molecule has 0 aromatic rings. The first kappa shape index (κ1) is 17.0. The summed E-state index contributed by atoms with van der Waals surface area (Å²) in [5, 5.41) is 15.0. The molecule has 1 heterocycles. The van der Waals surface area contributed by atoms with E-state index in [1.807, 2.05) is 0 Å². The first-order valence-corrected chi connectivity index (χ1v) is 7.71. The van der Waals surface area contributed by atoms with Crippen molar-refractivity contribution in [3.8, 4) is 0 Å². The van der Waals surface area contributed by atoms with Crippen LogP contribution in [0.2, 0.25) is 0 Å². The number of rotatable bonds is 8. The van der Waals surface area contributed by atoms with E-state index in [-0.39, 0.29) is 18.2 Å². The van der Waals surface area contributed by atoms with Crippen molar-refractivity contribution in [2.75, 3.05) is 19.6 Å². The Morgan fingerprint density at radius 3 is 2.65 bits per heavy atom. The lowest BCUT2D eigenvalue weighted by molar-refractivity contribution is -0.137. The standard InChI is InChI=1S/C15H28N2O3/c1-11(2)12(5-6-14(18)19)7-9-17-15(20)13-4-3-8-16-10-13/h11-13,16H,3-10H2,1-2H3,(H,17,20)(H,18,19). The van der Waals surface area contributed by atoms with E-state index in [2.05, 4.69) is 24.5 Å². The highest BCUT2D eigenvalue weighted by Gasteiger charge is 2.21. The molecule has 2 atom stereocenters. The molecule has 0 bridgehead atoms. The summed E-state index contributed by atoms with van der Waals surface area (Å²) in [5.74, 6) is 0.296. The molecule has 0 aromatic carbocycles. The van der Waals surface area contributed by atoms with Gasteiger partial charge in [-0.3, -0.25) is 9.59 Å². The number of piperidine rings is 1. The van der Waals surface area contributed by atoms with Crippen LogP contribution in [-0.2, 0) is 9.59 Å². The van der Waals surface area contributed by atoms with Crippen LogP contribution < -0.4 is 10.6 Å². The van der Waals surface area contributed by atoms with Crippen LogP contribution in [0.5, 0.6) is 0 Å². The first-order chi connectivity index (χ1) is 9.50. The third-order valence-corrected chi connectivity index (χ3v) is 4.15. The van der Waals surface area contributed by atoms with Crippen LogP contribution in [0.15, 0.2) is 0 Å². The lowest BCUT2D eigenvalue weighted by Crippen LogP contribution is -2.41. The number of carbonyl (C=O) groups is 2. The summed E-state index contributed by atoms with van der Waals surface area (Å²) in [6.07, 6.45) is 3.78. The molecule has 1 aliphatic rings. The van der Waals surface area contributed by atoms with Crippen LogP contribution in [0, 0.1) is 17.8 Å². The average molecular weight is 284 g/mol. The summed E-state index contributed by atoms with van der Waals surface area (Å²) in [4.78, 5) is 22.6. The number of carboxylic acids is 1. The van der Waals surface area contributed by atoms with Crippen molar-refractivity contribution >= 4 is 11.9 Å². The Hall–Kier alpha value is -1.10. The lowest BCUT2D eigenvalue weighted by atomic mass is 9.88. The maximum absolute atomic E-state index is 12.0. The molecule has 116 valence electrons. The van der Waals surface area contributed by atoms with E-state index in [0.717, 1.165) is 32.4 Å². The van der Waals surface area contributed by atoms with Gasteiger partial charge >= 0.3 is 5.97 Å². The largest absolute Gasteiger partial charge is 0.481 e.